The number of aryl methyl sites for hydroxylation is 3. The maximum atomic E-state index is 12.8. The van der Waals surface area contributed by atoms with E-state index in [2.05, 4.69) is 5.32 Å². The number of hydrogen-bond donors (Lipinski definition) is 1. The molecule has 0 aliphatic rings. The third-order valence-corrected chi connectivity index (χ3v) is 6.01. The van der Waals surface area contributed by atoms with Gasteiger partial charge in [-0.15, -0.1) is 0 Å². The van der Waals surface area contributed by atoms with Crippen molar-refractivity contribution in [2.75, 3.05) is 10.6 Å². The van der Waals surface area contributed by atoms with Gasteiger partial charge in [0.15, 0.2) is 0 Å². The summed E-state index contributed by atoms with van der Waals surface area (Å²) in [6.45, 7) is 9.49. The second-order valence-corrected chi connectivity index (χ2v) is 9.00. The zero-order chi connectivity index (χ0) is 20.4. The number of benzene rings is 2. The summed E-state index contributed by atoms with van der Waals surface area (Å²) in [5, 5.41) is 2.93. The summed E-state index contributed by atoms with van der Waals surface area (Å²) >= 11 is 0. The maximum absolute atomic E-state index is 12.8. The van der Waals surface area contributed by atoms with Crippen LogP contribution in [0.5, 0.6) is 0 Å². The van der Waals surface area contributed by atoms with Crippen LogP contribution in [-0.2, 0) is 14.8 Å². The van der Waals surface area contributed by atoms with Crippen LogP contribution in [0.4, 0.5) is 5.69 Å². The van der Waals surface area contributed by atoms with E-state index in [0.29, 0.717) is 5.69 Å². The predicted molar refractivity (Wildman–Crippen MR) is 110 cm³/mol. The molecule has 2 unspecified atom stereocenters. The van der Waals surface area contributed by atoms with E-state index in [-0.39, 0.29) is 11.9 Å². The third kappa shape index (κ3) is 5.10. The molecule has 1 N–H and O–H groups in total. The first-order valence-electron chi connectivity index (χ1n) is 8.94. The van der Waals surface area contributed by atoms with Crippen LogP contribution in [0.1, 0.15) is 42.1 Å². The molecule has 27 heavy (non-hydrogen) atoms. The van der Waals surface area contributed by atoms with Crippen LogP contribution in [0.3, 0.4) is 0 Å². The molecule has 0 bridgehead atoms. The number of carbonyl (C=O) groups excluding carboxylic acids is 1. The molecule has 5 nitrogen and oxygen atoms in total. The summed E-state index contributed by atoms with van der Waals surface area (Å²) in [5.74, 6) is -0.341. The molecule has 0 fully saturated rings. The van der Waals surface area contributed by atoms with Crippen molar-refractivity contribution in [3.05, 3.63) is 64.7 Å². The van der Waals surface area contributed by atoms with E-state index in [1.54, 1.807) is 19.1 Å². The number of anilines is 1. The van der Waals surface area contributed by atoms with Crippen LogP contribution in [0.25, 0.3) is 0 Å². The van der Waals surface area contributed by atoms with Crippen molar-refractivity contribution in [1.82, 2.24) is 5.32 Å². The lowest BCUT2D eigenvalue weighted by atomic mass is 10.0. The summed E-state index contributed by atoms with van der Waals surface area (Å²) in [4.78, 5) is 12.8. The second-order valence-electron chi connectivity index (χ2n) is 7.14. The third-order valence-electron chi connectivity index (χ3n) is 4.77. The average Bonchev–Trinajstić information content (AvgIpc) is 2.57. The van der Waals surface area contributed by atoms with Crippen LogP contribution in [0.2, 0.25) is 0 Å². The van der Waals surface area contributed by atoms with Crippen LogP contribution >= 0.6 is 0 Å². The molecule has 0 heterocycles. The Kier molecular flexibility index (Phi) is 6.31. The van der Waals surface area contributed by atoms with Crippen LogP contribution < -0.4 is 9.62 Å². The van der Waals surface area contributed by atoms with Crippen molar-refractivity contribution in [2.45, 2.75) is 46.7 Å². The molecule has 0 saturated heterocycles. The monoisotopic (exact) mass is 388 g/mol. The van der Waals surface area contributed by atoms with Gasteiger partial charge in [0, 0.05) is 0 Å². The molecule has 2 aromatic rings. The zero-order valence-electron chi connectivity index (χ0n) is 16.8. The zero-order valence-corrected chi connectivity index (χ0v) is 17.6. The van der Waals surface area contributed by atoms with Crippen molar-refractivity contribution in [1.29, 1.82) is 0 Å². The van der Waals surface area contributed by atoms with E-state index in [4.69, 9.17) is 0 Å². The summed E-state index contributed by atoms with van der Waals surface area (Å²) in [6, 6.07) is 12.0. The van der Waals surface area contributed by atoms with Gasteiger partial charge in [-0.1, -0.05) is 35.9 Å². The molecule has 146 valence electrons. The van der Waals surface area contributed by atoms with Crippen LogP contribution in [-0.4, -0.2) is 26.6 Å². The Morgan fingerprint density at radius 3 is 2.07 bits per heavy atom. The Bertz CT molecular complexity index is 921. The van der Waals surface area contributed by atoms with Gasteiger partial charge < -0.3 is 5.32 Å². The van der Waals surface area contributed by atoms with Gasteiger partial charge in [0.1, 0.15) is 6.04 Å². The Balaban J connectivity index is 2.24. The highest BCUT2D eigenvalue weighted by atomic mass is 32.2. The highest BCUT2D eigenvalue weighted by Gasteiger charge is 2.29. The minimum absolute atomic E-state index is 0.223. The van der Waals surface area contributed by atoms with Crippen LogP contribution in [0, 0.1) is 20.8 Å². The highest BCUT2D eigenvalue weighted by molar-refractivity contribution is 7.92. The standard InChI is InChI=1S/C21H28N2O3S/c1-14-7-11-20(12-8-14)23(27(6,25)26)18(5)21(24)22-17(4)19-10-9-15(2)16(3)13-19/h7-13,17-18H,1-6H3,(H,22,24). The first-order chi connectivity index (χ1) is 12.5. The molecule has 2 atom stereocenters. The molecule has 6 heteroatoms. The smallest absolute Gasteiger partial charge is 0.244 e. The Morgan fingerprint density at radius 2 is 1.56 bits per heavy atom. The van der Waals surface area contributed by atoms with E-state index in [0.717, 1.165) is 27.3 Å². The van der Waals surface area contributed by atoms with Gasteiger partial charge in [-0.05, 0) is 63.4 Å². The van der Waals surface area contributed by atoms with Gasteiger partial charge in [0.2, 0.25) is 15.9 Å². The molecule has 0 saturated carbocycles. The molecule has 1 amide bonds. The predicted octanol–water partition coefficient (Wildman–Crippen LogP) is 3.64. The quantitative estimate of drug-likeness (QED) is 0.821. The fraction of sp³-hybridized carbons (Fsp3) is 0.381. The van der Waals surface area contributed by atoms with Crippen molar-refractivity contribution in [3.63, 3.8) is 0 Å². The highest BCUT2D eigenvalue weighted by Crippen LogP contribution is 2.22. The van der Waals surface area contributed by atoms with Crippen LogP contribution in [0.15, 0.2) is 42.5 Å². The SMILES string of the molecule is Cc1ccc(N(C(C)C(=O)NC(C)c2ccc(C)c(C)c2)S(C)(=O)=O)cc1. The second kappa shape index (κ2) is 8.13. The van der Waals surface area contributed by atoms with Gasteiger partial charge in [0.05, 0.1) is 18.0 Å². The summed E-state index contributed by atoms with van der Waals surface area (Å²) in [6.07, 6.45) is 1.11. The summed E-state index contributed by atoms with van der Waals surface area (Å²) in [7, 11) is -3.62. The molecule has 0 aliphatic heterocycles. The van der Waals surface area contributed by atoms with Crippen molar-refractivity contribution < 1.29 is 13.2 Å². The Hall–Kier alpha value is -2.34. The van der Waals surface area contributed by atoms with Gasteiger partial charge in [-0.2, -0.15) is 0 Å². The lowest BCUT2D eigenvalue weighted by Gasteiger charge is -2.29. The Labute approximate surface area is 162 Å². The largest absolute Gasteiger partial charge is 0.348 e. The summed E-state index contributed by atoms with van der Waals surface area (Å²) < 4.78 is 25.9. The molecule has 2 rings (SSSR count). The minimum atomic E-state index is -3.62. The lowest BCUT2D eigenvalue weighted by molar-refractivity contribution is -0.122. The molecule has 0 spiro atoms. The molecule has 0 radical (unpaired) electrons. The number of sulfonamides is 1. The number of nitrogens with one attached hydrogen (secondary N) is 1. The fourth-order valence-corrected chi connectivity index (χ4v) is 4.13. The van der Waals surface area contributed by atoms with E-state index in [9.17, 15) is 13.2 Å². The maximum Gasteiger partial charge on any atom is 0.244 e. The Morgan fingerprint density at radius 1 is 0.963 bits per heavy atom. The minimum Gasteiger partial charge on any atom is -0.348 e. The lowest BCUT2D eigenvalue weighted by Crippen LogP contribution is -2.48. The number of amides is 1. The van der Waals surface area contributed by atoms with E-state index in [1.165, 1.54) is 5.56 Å². The first kappa shape index (κ1) is 21.0. The van der Waals surface area contributed by atoms with Crippen molar-refractivity contribution in [3.8, 4) is 0 Å². The van der Waals surface area contributed by atoms with Crippen molar-refractivity contribution in [2.24, 2.45) is 0 Å². The fourth-order valence-electron chi connectivity index (χ4n) is 2.95. The number of nitrogens with zero attached hydrogens (tertiary/aromatic N) is 1. The molecular formula is C21H28N2O3S. The molecule has 2 aromatic carbocycles. The number of hydrogen-bond acceptors (Lipinski definition) is 3. The van der Waals surface area contributed by atoms with E-state index in [1.807, 2.05) is 58.0 Å². The van der Waals surface area contributed by atoms with E-state index >= 15 is 0 Å². The number of rotatable bonds is 6. The van der Waals surface area contributed by atoms with Gasteiger partial charge in [-0.25, -0.2) is 8.42 Å². The first-order valence-corrected chi connectivity index (χ1v) is 10.8. The van der Waals surface area contributed by atoms with Gasteiger partial charge >= 0.3 is 0 Å². The van der Waals surface area contributed by atoms with Gasteiger partial charge in [0.25, 0.3) is 0 Å². The topological polar surface area (TPSA) is 66.5 Å². The van der Waals surface area contributed by atoms with Crippen molar-refractivity contribution >= 4 is 21.6 Å². The molecule has 0 aromatic heterocycles. The average molecular weight is 389 g/mol. The molecule has 0 aliphatic carbocycles. The summed E-state index contributed by atoms with van der Waals surface area (Å²) in [5.41, 5.74) is 4.82. The molecular weight excluding hydrogens is 360 g/mol. The van der Waals surface area contributed by atoms with E-state index < -0.39 is 16.1 Å². The van der Waals surface area contributed by atoms with Gasteiger partial charge in [-0.3, -0.25) is 9.10 Å². The normalized spacial score (nSPS) is 13.7. The number of carbonyl (C=O) groups is 1.